The minimum Gasteiger partial charge on any atom is -0.355 e. The predicted octanol–water partition coefficient (Wildman–Crippen LogP) is 3.83. The molecule has 2 aliphatic heterocycles. The number of benzene rings is 3. The number of imidazole rings is 1. The first-order chi connectivity index (χ1) is 17.0. The molecule has 0 saturated carbocycles. The number of rotatable bonds is 3. The summed E-state index contributed by atoms with van der Waals surface area (Å²) in [5, 5.41) is 3.03. The van der Waals surface area contributed by atoms with Crippen LogP contribution in [0.3, 0.4) is 0 Å². The van der Waals surface area contributed by atoms with Crippen LogP contribution in [0.15, 0.2) is 88.4 Å². The molecule has 3 aromatic carbocycles. The van der Waals surface area contributed by atoms with Gasteiger partial charge < -0.3 is 10.2 Å². The molecule has 0 radical (unpaired) electrons. The van der Waals surface area contributed by atoms with Gasteiger partial charge in [-0.3, -0.25) is 9.36 Å². The molecular formula is C26H23N5O3S. The van der Waals surface area contributed by atoms with Gasteiger partial charge in [-0.05, 0) is 61.4 Å². The maximum atomic E-state index is 12.9. The van der Waals surface area contributed by atoms with Crippen molar-refractivity contribution in [2.24, 2.45) is 10.3 Å². The van der Waals surface area contributed by atoms with Crippen molar-refractivity contribution in [3.05, 3.63) is 84.7 Å². The Hall–Kier alpha value is -3.98. The SMILES string of the molecule is O=C(Nc1ccc(-n2cnc3ccccc32)cc1)C1CCN(C2=NS(=O)(=O)c3ccccc32)CC1. The van der Waals surface area contributed by atoms with Gasteiger partial charge in [0, 0.05) is 35.9 Å². The van der Waals surface area contributed by atoms with Gasteiger partial charge in [0.25, 0.3) is 10.0 Å². The third kappa shape index (κ3) is 3.87. The van der Waals surface area contributed by atoms with E-state index in [4.69, 9.17) is 0 Å². The monoisotopic (exact) mass is 485 g/mol. The van der Waals surface area contributed by atoms with Crippen LogP contribution in [-0.4, -0.2) is 47.7 Å². The summed E-state index contributed by atoms with van der Waals surface area (Å²) in [6.07, 6.45) is 3.06. The molecule has 176 valence electrons. The Bertz CT molecular complexity index is 1570. The first-order valence-corrected chi connectivity index (χ1v) is 13.0. The summed E-state index contributed by atoms with van der Waals surface area (Å²) in [6, 6.07) is 22.5. The summed E-state index contributed by atoms with van der Waals surface area (Å²) in [7, 11) is -3.65. The van der Waals surface area contributed by atoms with Gasteiger partial charge in [-0.2, -0.15) is 8.42 Å². The lowest BCUT2D eigenvalue weighted by molar-refractivity contribution is -0.120. The van der Waals surface area contributed by atoms with Crippen LogP contribution in [0.2, 0.25) is 0 Å². The average molecular weight is 486 g/mol. The molecule has 1 N–H and O–H groups in total. The van der Waals surface area contributed by atoms with Crippen LogP contribution in [0.5, 0.6) is 0 Å². The highest BCUT2D eigenvalue weighted by atomic mass is 32.2. The number of aromatic nitrogens is 2. The smallest absolute Gasteiger partial charge is 0.285 e. The van der Waals surface area contributed by atoms with E-state index in [-0.39, 0.29) is 16.7 Å². The molecule has 0 atom stereocenters. The Morgan fingerprint density at radius 2 is 1.63 bits per heavy atom. The van der Waals surface area contributed by atoms with Crippen LogP contribution < -0.4 is 5.32 Å². The minimum absolute atomic E-state index is 0.0214. The number of sulfonamides is 1. The zero-order valence-electron chi connectivity index (χ0n) is 18.8. The summed E-state index contributed by atoms with van der Waals surface area (Å²) >= 11 is 0. The number of amidine groups is 1. The number of carbonyl (C=O) groups excluding carboxylic acids is 1. The highest BCUT2D eigenvalue weighted by Gasteiger charge is 2.34. The van der Waals surface area contributed by atoms with E-state index in [1.807, 2.05) is 64.1 Å². The first-order valence-electron chi connectivity index (χ1n) is 11.5. The largest absolute Gasteiger partial charge is 0.355 e. The van der Waals surface area contributed by atoms with Crippen LogP contribution >= 0.6 is 0 Å². The lowest BCUT2D eigenvalue weighted by atomic mass is 9.95. The van der Waals surface area contributed by atoms with E-state index in [1.54, 1.807) is 24.5 Å². The molecule has 1 amide bonds. The van der Waals surface area contributed by atoms with Crippen molar-refractivity contribution < 1.29 is 13.2 Å². The van der Waals surface area contributed by atoms with Crippen LogP contribution in [0, 0.1) is 5.92 Å². The van der Waals surface area contributed by atoms with Gasteiger partial charge in [0.1, 0.15) is 11.2 Å². The maximum absolute atomic E-state index is 12.9. The second-order valence-corrected chi connectivity index (χ2v) is 10.4. The van der Waals surface area contributed by atoms with E-state index in [2.05, 4.69) is 14.7 Å². The van der Waals surface area contributed by atoms with Crippen LogP contribution in [0.25, 0.3) is 16.7 Å². The van der Waals surface area contributed by atoms with Gasteiger partial charge in [-0.15, -0.1) is 4.40 Å². The number of piperidine rings is 1. The zero-order valence-corrected chi connectivity index (χ0v) is 19.6. The summed E-state index contributed by atoms with van der Waals surface area (Å²) in [5.41, 5.74) is 4.31. The lowest BCUT2D eigenvalue weighted by Crippen LogP contribution is -2.41. The number of amides is 1. The van der Waals surface area contributed by atoms with Crippen LogP contribution in [-0.2, 0) is 14.8 Å². The quantitative estimate of drug-likeness (QED) is 0.476. The van der Waals surface area contributed by atoms with Crippen LogP contribution in [0.4, 0.5) is 5.69 Å². The molecule has 8 nitrogen and oxygen atoms in total. The Balaban J connectivity index is 1.10. The fourth-order valence-corrected chi connectivity index (χ4v) is 6.01. The van der Waals surface area contributed by atoms with Crippen molar-refractivity contribution in [3.8, 4) is 5.69 Å². The lowest BCUT2D eigenvalue weighted by Gasteiger charge is -2.32. The zero-order chi connectivity index (χ0) is 24.0. The number of hydrogen-bond acceptors (Lipinski definition) is 5. The molecule has 3 heterocycles. The van der Waals surface area contributed by atoms with Crippen molar-refractivity contribution in [1.82, 2.24) is 14.5 Å². The van der Waals surface area contributed by atoms with E-state index < -0.39 is 10.0 Å². The van der Waals surface area contributed by atoms with Gasteiger partial charge in [-0.25, -0.2) is 4.98 Å². The number of fused-ring (bicyclic) bond motifs is 2. The van der Waals surface area contributed by atoms with Crippen molar-refractivity contribution in [2.45, 2.75) is 17.7 Å². The fraction of sp³-hybridized carbons (Fsp3) is 0.192. The first kappa shape index (κ1) is 21.5. The van der Waals surface area contributed by atoms with Gasteiger partial charge in [0.05, 0.1) is 11.0 Å². The highest BCUT2D eigenvalue weighted by Crippen LogP contribution is 2.30. The van der Waals surface area contributed by atoms with E-state index >= 15 is 0 Å². The number of likely N-dealkylation sites (tertiary alicyclic amines) is 1. The molecule has 35 heavy (non-hydrogen) atoms. The molecule has 1 aromatic heterocycles. The molecule has 4 aromatic rings. The second-order valence-electron chi connectivity index (χ2n) is 8.79. The molecule has 0 bridgehead atoms. The van der Waals surface area contributed by atoms with E-state index in [9.17, 15) is 13.2 Å². The van der Waals surface area contributed by atoms with Gasteiger partial charge in [0.15, 0.2) is 5.84 Å². The standard InChI is InChI=1S/C26H23N5O3S/c32-26(28-19-9-11-20(12-10-19)31-17-27-22-6-2-3-7-23(22)31)18-13-15-30(16-14-18)25-21-5-1-4-8-24(21)35(33,34)29-25/h1-12,17-18H,13-16H2,(H,28,32). The number of nitrogens with one attached hydrogen (secondary N) is 1. The number of carbonyl (C=O) groups is 1. The highest BCUT2D eigenvalue weighted by molar-refractivity contribution is 7.90. The van der Waals surface area contributed by atoms with E-state index in [0.717, 1.165) is 22.4 Å². The Morgan fingerprint density at radius 3 is 2.43 bits per heavy atom. The normalized spacial score (nSPS) is 17.3. The van der Waals surface area contributed by atoms with E-state index in [0.29, 0.717) is 37.3 Å². The number of anilines is 1. The summed E-state index contributed by atoms with van der Waals surface area (Å²) in [4.78, 5) is 19.6. The predicted molar refractivity (Wildman–Crippen MR) is 134 cm³/mol. The Kier molecular flexibility index (Phi) is 5.14. The van der Waals surface area contributed by atoms with Gasteiger partial charge >= 0.3 is 0 Å². The third-order valence-corrected chi connectivity index (χ3v) is 7.97. The van der Waals surface area contributed by atoms with Gasteiger partial charge in [0.2, 0.25) is 5.91 Å². The molecular weight excluding hydrogens is 462 g/mol. The molecule has 0 unspecified atom stereocenters. The van der Waals surface area contributed by atoms with E-state index in [1.165, 1.54) is 0 Å². The minimum atomic E-state index is -3.65. The molecule has 9 heteroatoms. The number of nitrogens with zero attached hydrogens (tertiary/aromatic N) is 4. The maximum Gasteiger partial charge on any atom is 0.285 e. The third-order valence-electron chi connectivity index (χ3n) is 6.64. The summed E-state index contributed by atoms with van der Waals surface area (Å²) < 4.78 is 30.7. The van der Waals surface area contributed by atoms with Crippen molar-refractivity contribution >= 4 is 38.5 Å². The molecule has 6 rings (SSSR count). The van der Waals surface area contributed by atoms with Crippen molar-refractivity contribution in [2.75, 3.05) is 18.4 Å². The summed E-state index contributed by atoms with van der Waals surface area (Å²) in [5.74, 6) is 0.325. The molecule has 2 aliphatic rings. The molecule has 1 fully saturated rings. The Labute approximate surface area is 203 Å². The topological polar surface area (TPSA) is 96.7 Å². The van der Waals surface area contributed by atoms with Crippen molar-refractivity contribution in [1.29, 1.82) is 0 Å². The molecule has 0 aliphatic carbocycles. The summed E-state index contributed by atoms with van der Waals surface area (Å²) in [6.45, 7) is 1.15. The average Bonchev–Trinajstić information content (AvgIpc) is 3.43. The van der Waals surface area contributed by atoms with Crippen LogP contribution in [0.1, 0.15) is 18.4 Å². The second kappa shape index (κ2) is 8.35. The Morgan fingerprint density at radius 1 is 0.914 bits per heavy atom. The van der Waals surface area contributed by atoms with Crippen molar-refractivity contribution in [3.63, 3.8) is 0 Å². The number of hydrogen-bond donors (Lipinski definition) is 1. The van der Waals surface area contributed by atoms with Gasteiger partial charge in [-0.1, -0.05) is 24.3 Å². The number of para-hydroxylation sites is 2. The molecule has 1 saturated heterocycles. The fourth-order valence-electron chi connectivity index (χ4n) is 4.78. The molecule has 0 spiro atoms.